The zero-order chi connectivity index (χ0) is 15.2. The van der Waals surface area contributed by atoms with Crippen LogP contribution in [0.5, 0.6) is 0 Å². The highest BCUT2D eigenvalue weighted by atomic mass is 32.2. The largest absolute Gasteiger partial charge is 0.309 e. The Balaban J connectivity index is 2.09. The van der Waals surface area contributed by atoms with Crippen molar-refractivity contribution in [1.82, 2.24) is 5.32 Å². The van der Waals surface area contributed by atoms with Crippen LogP contribution in [0.25, 0.3) is 0 Å². The highest BCUT2D eigenvalue weighted by Crippen LogP contribution is 2.26. The average Bonchev–Trinajstić information content (AvgIpc) is 2.46. The zero-order valence-corrected chi connectivity index (χ0v) is 13.6. The van der Waals surface area contributed by atoms with Crippen molar-refractivity contribution in [3.8, 4) is 0 Å². The predicted octanol–water partition coefficient (Wildman–Crippen LogP) is 4.89. The van der Waals surface area contributed by atoms with Crippen molar-refractivity contribution in [2.45, 2.75) is 31.7 Å². The zero-order valence-electron chi connectivity index (χ0n) is 12.8. The predicted molar refractivity (Wildman–Crippen MR) is 89.5 cm³/mol. The number of nitrogens with one attached hydrogen (secondary N) is 1. The highest BCUT2D eigenvalue weighted by molar-refractivity contribution is 7.99. The van der Waals surface area contributed by atoms with E-state index in [0.717, 1.165) is 17.9 Å². The van der Waals surface area contributed by atoms with Gasteiger partial charge in [-0.25, -0.2) is 4.39 Å². The van der Waals surface area contributed by atoms with E-state index in [-0.39, 0.29) is 11.9 Å². The summed E-state index contributed by atoms with van der Waals surface area (Å²) < 4.78 is 13.8. The first-order chi connectivity index (χ1) is 10.1. The molecular weight excluding hydrogens is 281 g/mol. The fraction of sp³-hybridized carbons (Fsp3) is 0.333. The van der Waals surface area contributed by atoms with Gasteiger partial charge in [-0.1, -0.05) is 36.8 Å². The first-order valence-corrected chi connectivity index (χ1v) is 8.27. The number of rotatable bonds is 6. The average molecular weight is 303 g/mol. The third kappa shape index (κ3) is 4.58. The van der Waals surface area contributed by atoms with Gasteiger partial charge in [0, 0.05) is 16.7 Å². The van der Waals surface area contributed by atoms with E-state index in [0.29, 0.717) is 5.56 Å². The molecule has 0 aliphatic heterocycles. The van der Waals surface area contributed by atoms with Crippen LogP contribution in [0.1, 0.15) is 29.7 Å². The molecule has 1 unspecified atom stereocenters. The molecule has 0 spiro atoms. The lowest BCUT2D eigenvalue weighted by molar-refractivity contribution is 0.585. The van der Waals surface area contributed by atoms with E-state index in [2.05, 4.69) is 43.4 Å². The van der Waals surface area contributed by atoms with Crippen LogP contribution >= 0.6 is 11.8 Å². The van der Waals surface area contributed by atoms with E-state index in [1.807, 2.05) is 12.1 Å². The molecule has 112 valence electrons. The minimum absolute atomic E-state index is 0.129. The molecule has 21 heavy (non-hydrogen) atoms. The van der Waals surface area contributed by atoms with Crippen molar-refractivity contribution in [3.05, 3.63) is 65.0 Å². The van der Waals surface area contributed by atoms with E-state index in [4.69, 9.17) is 0 Å². The molecule has 0 saturated carbocycles. The molecule has 2 rings (SSSR count). The molecule has 0 bridgehead atoms. The second-order valence-corrected chi connectivity index (χ2v) is 6.34. The number of hydrogen-bond donors (Lipinski definition) is 1. The van der Waals surface area contributed by atoms with E-state index in [1.165, 1.54) is 10.5 Å². The summed E-state index contributed by atoms with van der Waals surface area (Å²) in [6, 6.07) is 14.2. The molecule has 2 aromatic rings. The highest BCUT2D eigenvalue weighted by Gasteiger charge is 2.12. The SMILES string of the molecule is CCNC(CSc1cccc(C)c1)c1ccc(C)c(F)c1. The number of thioether (sulfide) groups is 1. The molecule has 0 fully saturated rings. The standard InChI is InChI=1S/C18H22FNS/c1-4-20-18(15-9-8-14(3)17(19)11-15)12-21-16-7-5-6-13(2)10-16/h5-11,18,20H,4,12H2,1-3H3. The Hall–Kier alpha value is -1.32. The molecule has 3 heteroatoms. The minimum Gasteiger partial charge on any atom is -0.309 e. The molecule has 0 aromatic heterocycles. The Morgan fingerprint density at radius 3 is 2.62 bits per heavy atom. The van der Waals surface area contributed by atoms with E-state index in [9.17, 15) is 4.39 Å². The van der Waals surface area contributed by atoms with Crippen LogP contribution in [-0.4, -0.2) is 12.3 Å². The summed E-state index contributed by atoms with van der Waals surface area (Å²) in [6.07, 6.45) is 0. The fourth-order valence-electron chi connectivity index (χ4n) is 2.23. The fourth-order valence-corrected chi connectivity index (χ4v) is 3.34. The van der Waals surface area contributed by atoms with Crippen molar-refractivity contribution in [2.75, 3.05) is 12.3 Å². The molecule has 2 aromatic carbocycles. The molecular formula is C18H22FNS. The summed E-state index contributed by atoms with van der Waals surface area (Å²) in [6.45, 7) is 6.84. The van der Waals surface area contributed by atoms with Gasteiger partial charge in [-0.3, -0.25) is 0 Å². The lowest BCUT2D eigenvalue weighted by atomic mass is 10.1. The van der Waals surface area contributed by atoms with Crippen molar-refractivity contribution >= 4 is 11.8 Å². The normalized spacial score (nSPS) is 12.4. The molecule has 1 nitrogen and oxygen atoms in total. The van der Waals surface area contributed by atoms with E-state index >= 15 is 0 Å². The Bertz CT molecular complexity index is 598. The summed E-state index contributed by atoms with van der Waals surface area (Å²) in [5, 5.41) is 3.44. The maximum absolute atomic E-state index is 13.8. The van der Waals surface area contributed by atoms with Gasteiger partial charge in [0.15, 0.2) is 0 Å². The van der Waals surface area contributed by atoms with Gasteiger partial charge in [0.1, 0.15) is 5.82 Å². The molecule has 0 radical (unpaired) electrons. The monoisotopic (exact) mass is 303 g/mol. The number of aryl methyl sites for hydroxylation is 2. The van der Waals surface area contributed by atoms with E-state index in [1.54, 1.807) is 24.8 Å². The molecule has 1 atom stereocenters. The summed E-state index contributed by atoms with van der Waals surface area (Å²) in [5.74, 6) is 0.760. The van der Waals surface area contributed by atoms with Crippen LogP contribution < -0.4 is 5.32 Å². The summed E-state index contributed by atoms with van der Waals surface area (Å²) in [7, 11) is 0. The van der Waals surface area contributed by atoms with Crippen LogP contribution in [-0.2, 0) is 0 Å². The van der Waals surface area contributed by atoms with Crippen molar-refractivity contribution in [3.63, 3.8) is 0 Å². The molecule has 0 amide bonds. The number of hydrogen-bond acceptors (Lipinski definition) is 2. The Morgan fingerprint density at radius 1 is 1.14 bits per heavy atom. The van der Waals surface area contributed by atoms with Gasteiger partial charge in [0.25, 0.3) is 0 Å². The second-order valence-electron chi connectivity index (χ2n) is 5.25. The van der Waals surface area contributed by atoms with Crippen LogP contribution in [0.15, 0.2) is 47.4 Å². The minimum atomic E-state index is -0.129. The second kappa shape index (κ2) is 7.62. The third-order valence-corrected chi connectivity index (χ3v) is 4.54. The van der Waals surface area contributed by atoms with Gasteiger partial charge < -0.3 is 5.32 Å². The summed E-state index contributed by atoms with van der Waals surface area (Å²) in [5.41, 5.74) is 2.97. The Kier molecular flexibility index (Phi) is 5.83. The molecule has 0 heterocycles. The van der Waals surface area contributed by atoms with Gasteiger partial charge in [0.2, 0.25) is 0 Å². The topological polar surface area (TPSA) is 12.0 Å². The van der Waals surface area contributed by atoms with Crippen LogP contribution in [0.3, 0.4) is 0 Å². The molecule has 1 N–H and O–H groups in total. The summed E-state index contributed by atoms with van der Waals surface area (Å²) >= 11 is 1.80. The maximum Gasteiger partial charge on any atom is 0.126 e. The first-order valence-electron chi connectivity index (χ1n) is 7.29. The van der Waals surface area contributed by atoms with Gasteiger partial charge >= 0.3 is 0 Å². The molecule has 0 aliphatic carbocycles. The summed E-state index contributed by atoms with van der Waals surface area (Å²) in [4.78, 5) is 1.26. The number of halogens is 1. The van der Waals surface area contributed by atoms with Crippen molar-refractivity contribution in [1.29, 1.82) is 0 Å². The third-order valence-electron chi connectivity index (χ3n) is 3.45. The molecule has 0 saturated heterocycles. The van der Waals surface area contributed by atoms with Crippen molar-refractivity contribution < 1.29 is 4.39 Å². The number of benzene rings is 2. The lowest BCUT2D eigenvalue weighted by Crippen LogP contribution is -2.23. The van der Waals surface area contributed by atoms with Crippen LogP contribution in [0.4, 0.5) is 4.39 Å². The molecule has 0 aliphatic rings. The van der Waals surface area contributed by atoms with E-state index < -0.39 is 0 Å². The smallest absolute Gasteiger partial charge is 0.126 e. The van der Waals surface area contributed by atoms with Gasteiger partial charge in [-0.05, 0) is 49.7 Å². The van der Waals surface area contributed by atoms with Gasteiger partial charge in [-0.15, -0.1) is 11.8 Å². The van der Waals surface area contributed by atoms with Gasteiger partial charge in [0.05, 0.1) is 0 Å². The lowest BCUT2D eigenvalue weighted by Gasteiger charge is -2.18. The first kappa shape index (κ1) is 16.1. The Morgan fingerprint density at radius 2 is 1.95 bits per heavy atom. The van der Waals surface area contributed by atoms with Gasteiger partial charge in [-0.2, -0.15) is 0 Å². The maximum atomic E-state index is 13.8. The Labute approximate surface area is 131 Å². The van der Waals surface area contributed by atoms with Crippen LogP contribution in [0.2, 0.25) is 0 Å². The van der Waals surface area contributed by atoms with Crippen molar-refractivity contribution in [2.24, 2.45) is 0 Å². The quantitative estimate of drug-likeness (QED) is 0.763. The van der Waals surface area contributed by atoms with Crippen LogP contribution in [0, 0.1) is 19.7 Å².